The second-order valence-corrected chi connectivity index (χ2v) is 7.35. The number of carbonyl (C=O) groups is 2. The number of hydrogen-bond donors (Lipinski definition) is 0. The Morgan fingerprint density at radius 1 is 1.18 bits per heavy atom. The molecule has 0 N–H and O–H groups in total. The number of amides is 1. The van der Waals surface area contributed by atoms with Crippen LogP contribution in [0, 0.1) is 5.92 Å². The molecule has 2 heterocycles. The lowest BCUT2D eigenvalue weighted by atomic mass is 10.1. The SMILES string of the molecule is CCCCN(CCCC)C(=O)Cn1c(C(=O)C(C)C)nc2cc(OC)cnc21. The van der Waals surface area contributed by atoms with Gasteiger partial charge in [-0.15, -0.1) is 0 Å². The zero-order chi connectivity index (χ0) is 20.7. The van der Waals surface area contributed by atoms with Gasteiger partial charge in [0.1, 0.15) is 17.8 Å². The number of rotatable bonds is 11. The second-order valence-electron chi connectivity index (χ2n) is 7.35. The predicted molar refractivity (Wildman–Crippen MR) is 110 cm³/mol. The highest BCUT2D eigenvalue weighted by atomic mass is 16.5. The Balaban J connectivity index is 2.40. The van der Waals surface area contributed by atoms with E-state index in [2.05, 4.69) is 23.8 Å². The van der Waals surface area contributed by atoms with Crippen LogP contribution in [0.15, 0.2) is 12.3 Å². The number of Topliss-reactive ketones (excluding diaryl/α,β-unsaturated/α-hetero) is 1. The quantitative estimate of drug-likeness (QED) is 0.549. The average molecular weight is 389 g/mol. The number of ether oxygens (including phenoxy) is 1. The highest BCUT2D eigenvalue weighted by Gasteiger charge is 2.24. The molecule has 2 aromatic rings. The number of methoxy groups -OCH3 is 1. The number of fused-ring (bicyclic) bond motifs is 1. The lowest BCUT2D eigenvalue weighted by Crippen LogP contribution is -2.36. The number of ketones is 1. The van der Waals surface area contributed by atoms with Crippen LogP contribution in [0.25, 0.3) is 11.2 Å². The van der Waals surface area contributed by atoms with Crippen molar-refractivity contribution in [2.24, 2.45) is 5.92 Å². The molecule has 0 saturated heterocycles. The van der Waals surface area contributed by atoms with Crippen LogP contribution in [0.1, 0.15) is 64.0 Å². The molecule has 0 bridgehead atoms. The maximum absolute atomic E-state index is 13.0. The molecule has 2 rings (SSSR count). The molecule has 0 saturated carbocycles. The van der Waals surface area contributed by atoms with E-state index in [0.717, 1.165) is 38.8 Å². The van der Waals surface area contributed by atoms with Crippen LogP contribution in [-0.2, 0) is 11.3 Å². The molecule has 0 fully saturated rings. The third-order valence-electron chi connectivity index (χ3n) is 4.75. The van der Waals surface area contributed by atoms with Gasteiger partial charge in [-0.2, -0.15) is 0 Å². The Labute approximate surface area is 167 Å². The molecule has 7 heteroatoms. The van der Waals surface area contributed by atoms with Crippen molar-refractivity contribution in [2.45, 2.75) is 59.9 Å². The summed E-state index contributed by atoms with van der Waals surface area (Å²) in [6.07, 6.45) is 5.58. The topological polar surface area (TPSA) is 77.3 Å². The van der Waals surface area contributed by atoms with Crippen LogP contribution in [-0.4, -0.2) is 51.3 Å². The smallest absolute Gasteiger partial charge is 0.242 e. The van der Waals surface area contributed by atoms with Gasteiger partial charge in [0.05, 0.1) is 13.3 Å². The first kappa shape index (κ1) is 21.9. The van der Waals surface area contributed by atoms with Crippen molar-refractivity contribution in [3.8, 4) is 5.75 Å². The van der Waals surface area contributed by atoms with E-state index < -0.39 is 0 Å². The molecular formula is C21H32N4O3. The Hall–Kier alpha value is -2.44. The van der Waals surface area contributed by atoms with Crippen molar-refractivity contribution in [3.05, 3.63) is 18.1 Å². The summed E-state index contributed by atoms with van der Waals surface area (Å²) in [6.45, 7) is 9.42. The number of carbonyl (C=O) groups excluding carboxylic acids is 2. The molecule has 0 spiro atoms. The summed E-state index contributed by atoms with van der Waals surface area (Å²) >= 11 is 0. The minimum atomic E-state index is -0.219. The van der Waals surface area contributed by atoms with Gasteiger partial charge in [-0.3, -0.25) is 14.2 Å². The normalized spacial score (nSPS) is 11.2. The maximum Gasteiger partial charge on any atom is 0.242 e. The van der Waals surface area contributed by atoms with E-state index in [9.17, 15) is 9.59 Å². The third kappa shape index (κ3) is 5.09. The zero-order valence-corrected chi connectivity index (χ0v) is 17.7. The fourth-order valence-electron chi connectivity index (χ4n) is 2.99. The highest BCUT2D eigenvalue weighted by Crippen LogP contribution is 2.21. The molecule has 0 atom stereocenters. The summed E-state index contributed by atoms with van der Waals surface area (Å²) in [5.41, 5.74) is 1.09. The fraction of sp³-hybridized carbons (Fsp3) is 0.619. The van der Waals surface area contributed by atoms with Crippen molar-refractivity contribution in [3.63, 3.8) is 0 Å². The molecule has 0 unspecified atom stereocenters. The molecule has 0 aromatic carbocycles. The van der Waals surface area contributed by atoms with Crippen molar-refractivity contribution in [1.29, 1.82) is 0 Å². The minimum Gasteiger partial charge on any atom is -0.495 e. The van der Waals surface area contributed by atoms with Crippen LogP contribution in [0.5, 0.6) is 5.75 Å². The Morgan fingerprint density at radius 2 is 1.82 bits per heavy atom. The molecule has 1 amide bonds. The molecule has 0 radical (unpaired) electrons. The van der Waals surface area contributed by atoms with Gasteiger partial charge >= 0.3 is 0 Å². The number of nitrogens with zero attached hydrogens (tertiary/aromatic N) is 4. The van der Waals surface area contributed by atoms with Crippen molar-refractivity contribution >= 4 is 22.9 Å². The molecule has 0 aliphatic rings. The Bertz CT molecular complexity index is 805. The first-order chi connectivity index (χ1) is 13.4. The minimum absolute atomic E-state index is 0.00313. The van der Waals surface area contributed by atoms with E-state index in [-0.39, 0.29) is 30.0 Å². The van der Waals surface area contributed by atoms with E-state index in [1.807, 2.05) is 18.7 Å². The summed E-state index contributed by atoms with van der Waals surface area (Å²) < 4.78 is 6.87. The van der Waals surface area contributed by atoms with Crippen LogP contribution in [0.3, 0.4) is 0 Å². The van der Waals surface area contributed by atoms with E-state index in [0.29, 0.717) is 16.9 Å². The largest absolute Gasteiger partial charge is 0.495 e. The van der Waals surface area contributed by atoms with Gasteiger partial charge in [-0.1, -0.05) is 40.5 Å². The van der Waals surface area contributed by atoms with Crippen LogP contribution >= 0.6 is 0 Å². The van der Waals surface area contributed by atoms with Gasteiger partial charge in [0, 0.05) is 25.1 Å². The van der Waals surface area contributed by atoms with E-state index in [4.69, 9.17) is 4.74 Å². The van der Waals surface area contributed by atoms with Gasteiger partial charge in [0.2, 0.25) is 11.7 Å². The summed E-state index contributed by atoms with van der Waals surface area (Å²) in [7, 11) is 1.56. The molecule has 28 heavy (non-hydrogen) atoms. The summed E-state index contributed by atoms with van der Waals surface area (Å²) in [4.78, 5) is 36.5. The first-order valence-corrected chi connectivity index (χ1v) is 10.1. The van der Waals surface area contributed by atoms with Gasteiger partial charge in [0.15, 0.2) is 11.5 Å². The van der Waals surface area contributed by atoms with Gasteiger partial charge in [-0.25, -0.2) is 9.97 Å². The van der Waals surface area contributed by atoms with Gasteiger partial charge in [-0.05, 0) is 12.8 Å². The van der Waals surface area contributed by atoms with Crippen LogP contribution in [0.2, 0.25) is 0 Å². The summed E-state index contributed by atoms with van der Waals surface area (Å²) in [5.74, 6) is 0.531. The van der Waals surface area contributed by atoms with Gasteiger partial charge in [0.25, 0.3) is 0 Å². The second kappa shape index (κ2) is 10.2. The van der Waals surface area contributed by atoms with Crippen molar-refractivity contribution < 1.29 is 14.3 Å². The maximum atomic E-state index is 13.0. The third-order valence-corrected chi connectivity index (χ3v) is 4.75. The number of unbranched alkanes of at least 4 members (excludes halogenated alkanes) is 2. The number of aromatic nitrogens is 3. The van der Waals surface area contributed by atoms with Crippen LogP contribution < -0.4 is 4.74 Å². The molecule has 7 nitrogen and oxygen atoms in total. The monoisotopic (exact) mass is 388 g/mol. The summed E-state index contributed by atoms with van der Waals surface area (Å²) in [5, 5.41) is 0. The molecular weight excluding hydrogens is 356 g/mol. The lowest BCUT2D eigenvalue weighted by Gasteiger charge is -2.23. The number of imidazole rings is 1. The fourth-order valence-corrected chi connectivity index (χ4v) is 2.99. The number of pyridine rings is 1. The van der Waals surface area contributed by atoms with Crippen molar-refractivity contribution in [2.75, 3.05) is 20.2 Å². The molecule has 0 aliphatic heterocycles. The highest BCUT2D eigenvalue weighted by molar-refractivity contribution is 5.97. The first-order valence-electron chi connectivity index (χ1n) is 10.1. The Morgan fingerprint density at radius 3 is 2.36 bits per heavy atom. The zero-order valence-electron chi connectivity index (χ0n) is 17.7. The molecule has 2 aromatic heterocycles. The van der Waals surface area contributed by atoms with Gasteiger partial charge < -0.3 is 9.64 Å². The summed E-state index contributed by atoms with van der Waals surface area (Å²) in [6, 6.07) is 1.74. The predicted octanol–water partition coefficient (Wildman–Crippen LogP) is 3.71. The van der Waals surface area contributed by atoms with Crippen LogP contribution in [0.4, 0.5) is 0 Å². The average Bonchev–Trinajstić information content (AvgIpc) is 3.04. The van der Waals surface area contributed by atoms with Crippen molar-refractivity contribution in [1.82, 2.24) is 19.4 Å². The van der Waals surface area contributed by atoms with E-state index in [1.54, 1.807) is 23.9 Å². The lowest BCUT2D eigenvalue weighted by molar-refractivity contribution is -0.132. The van der Waals surface area contributed by atoms with E-state index >= 15 is 0 Å². The van der Waals surface area contributed by atoms with E-state index in [1.165, 1.54) is 0 Å². The Kier molecular flexibility index (Phi) is 7.96. The number of hydrogen-bond acceptors (Lipinski definition) is 5. The standard InChI is InChI=1S/C21H32N4O3/c1-6-8-10-24(11-9-7-2)18(26)14-25-20-17(12-16(28-5)13-22-20)23-21(25)19(27)15(3)4/h12-13,15H,6-11,14H2,1-5H3. The molecule has 154 valence electrons. The molecule has 0 aliphatic carbocycles.